The summed E-state index contributed by atoms with van der Waals surface area (Å²) in [7, 11) is 4.84. The number of rotatable bonds is 13. The van der Waals surface area contributed by atoms with Crippen LogP contribution in [0.15, 0.2) is 48.8 Å². The predicted octanol–water partition coefficient (Wildman–Crippen LogP) is 1.81. The lowest BCUT2D eigenvalue weighted by molar-refractivity contribution is -0.117. The van der Waals surface area contributed by atoms with Crippen molar-refractivity contribution in [3.05, 3.63) is 65.6 Å². The third-order valence-corrected chi connectivity index (χ3v) is 11.5. The van der Waals surface area contributed by atoms with Crippen LogP contribution in [-0.4, -0.2) is 149 Å². The minimum Gasteiger partial charge on any atom is -0.494 e. The Balaban J connectivity index is 0.767. The van der Waals surface area contributed by atoms with Crippen LogP contribution in [0.25, 0.3) is 11.4 Å². The molecule has 0 atom stereocenters. The first-order valence-electron chi connectivity index (χ1n) is 19.8. The van der Waals surface area contributed by atoms with Crippen LogP contribution in [0.2, 0.25) is 0 Å². The number of imide groups is 1. The molecule has 0 saturated carbocycles. The number of aromatic nitrogens is 5. The van der Waals surface area contributed by atoms with Gasteiger partial charge in [-0.05, 0) is 49.1 Å². The van der Waals surface area contributed by atoms with Crippen LogP contribution < -0.4 is 30.9 Å². The van der Waals surface area contributed by atoms with Gasteiger partial charge in [0.05, 0.1) is 35.2 Å². The third-order valence-electron chi connectivity index (χ3n) is 11.5. The van der Waals surface area contributed by atoms with Crippen LogP contribution >= 0.6 is 0 Å². The van der Waals surface area contributed by atoms with Gasteiger partial charge in [0.1, 0.15) is 6.33 Å². The summed E-state index contributed by atoms with van der Waals surface area (Å²) in [6, 6.07) is 13.2. The molecule has 2 aromatic carbocycles. The van der Waals surface area contributed by atoms with E-state index in [4.69, 9.17) is 4.74 Å². The number of hydrogen-bond donors (Lipinski definition) is 4. The van der Waals surface area contributed by atoms with Crippen LogP contribution in [0.3, 0.4) is 0 Å². The fourth-order valence-electron chi connectivity index (χ4n) is 8.43. The van der Waals surface area contributed by atoms with Crippen molar-refractivity contribution in [1.82, 2.24) is 50.3 Å². The molecule has 0 bridgehead atoms. The number of para-hydroxylation sites is 1. The minimum atomic E-state index is -0.438. The number of carbonyl (C=O) groups excluding carboxylic acids is 4. The van der Waals surface area contributed by atoms with Crippen molar-refractivity contribution in [2.24, 2.45) is 13.0 Å². The Morgan fingerprint density at radius 2 is 1.67 bits per heavy atom. The van der Waals surface area contributed by atoms with Crippen LogP contribution in [0, 0.1) is 5.92 Å². The van der Waals surface area contributed by atoms with Crippen molar-refractivity contribution in [2.75, 3.05) is 95.1 Å². The number of anilines is 4. The molecule has 2 aromatic heterocycles. The van der Waals surface area contributed by atoms with Gasteiger partial charge in [-0.25, -0.2) is 4.98 Å². The minimum absolute atomic E-state index is 0.0586. The lowest BCUT2D eigenvalue weighted by Crippen LogP contribution is -2.57. The van der Waals surface area contributed by atoms with Gasteiger partial charge in [0.25, 0.3) is 17.7 Å². The molecule has 18 nitrogen and oxygen atoms in total. The highest BCUT2D eigenvalue weighted by atomic mass is 16.5. The van der Waals surface area contributed by atoms with Crippen LogP contribution in [-0.2, 0) is 11.8 Å². The van der Waals surface area contributed by atoms with E-state index in [1.54, 1.807) is 43.4 Å². The Bertz CT molecular complexity index is 2190. The Kier molecular flexibility index (Phi) is 11.3. The molecule has 304 valence electrons. The molecule has 4 aliphatic heterocycles. The van der Waals surface area contributed by atoms with E-state index in [0.29, 0.717) is 64.6 Å². The maximum absolute atomic E-state index is 13.0. The molecular weight excluding hydrogens is 743 g/mol. The Labute approximate surface area is 336 Å². The SMILES string of the molecule is CNC(=O)c1nnc(NC(=O)CCN2CC(CN3CCN(C4CCN(c5ccc6c(c5)C(=O)NC6=O)CC4)CC3)C2)cc1Nc1cccc(-c2ncn(C)n2)c1OC. The average molecular weight is 792 g/mol. The van der Waals surface area contributed by atoms with Gasteiger partial charge in [-0.3, -0.25) is 34.1 Å². The summed E-state index contributed by atoms with van der Waals surface area (Å²) in [5.74, 6) is 0.530. The van der Waals surface area contributed by atoms with Crippen LogP contribution in [0.5, 0.6) is 5.75 Å². The Hall–Kier alpha value is -5.98. The van der Waals surface area contributed by atoms with Crippen molar-refractivity contribution in [2.45, 2.75) is 25.3 Å². The summed E-state index contributed by atoms with van der Waals surface area (Å²) >= 11 is 0. The van der Waals surface area contributed by atoms with Gasteiger partial charge in [-0.15, -0.1) is 10.2 Å². The predicted molar refractivity (Wildman–Crippen MR) is 216 cm³/mol. The summed E-state index contributed by atoms with van der Waals surface area (Å²) in [6.07, 6.45) is 4.06. The number of methoxy groups -OCH3 is 1. The molecule has 3 saturated heterocycles. The molecule has 4 N–H and O–H groups in total. The van der Waals surface area contributed by atoms with Crippen molar-refractivity contribution in [3.8, 4) is 17.1 Å². The van der Waals surface area contributed by atoms with Gasteiger partial charge in [0, 0.05) is 104 Å². The number of piperidine rings is 1. The number of benzene rings is 2. The van der Waals surface area contributed by atoms with Gasteiger partial charge in [0.15, 0.2) is 23.1 Å². The number of nitrogens with one attached hydrogen (secondary N) is 4. The smallest absolute Gasteiger partial charge is 0.273 e. The number of amides is 4. The zero-order chi connectivity index (χ0) is 40.3. The average Bonchev–Trinajstić information content (AvgIpc) is 3.79. The summed E-state index contributed by atoms with van der Waals surface area (Å²) in [5, 5.41) is 23.7. The topological polar surface area (TPSA) is 195 Å². The molecule has 6 heterocycles. The quantitative estimate of drug-likeness (QED) is 0.143. The number of aryl methyl sites for hydroxylation is 1. The first kappa shape index (κ1) is 38.9. The molecule has 4 aliphatic rings. The number of carbonyl (C=O) groups is 4. The van der Waals surface area contributed by atoms with E-state index in [9.17, 15) is 19.2 Å². The van der Waals surface area contributed by atoms with Gasteiger partial charge >= 0.3 is 0 Å². The van der Waals surface area contributed by atoms with E-state index >= 15 is 0 Å². The largest absolute Gasteiger partial charge is 0.494 e. The molecule has 4 amide bonds. The first-order valence-corrected chi connectivity index (χ1v) is 19.8. The van der Waals surface area contributed by atoms with Crippen molar-refractivity contribution < 1.29 is 23.9 Å². The van der Waals surface area contributed by atoms with Crippen molar-refractivity contribution >= 4 is 46.5 Å². The highest BCUT2D eigenvalue weighted by molar-refractivity contribution is 6.21. The fourth-order valence-corrected chi connectivity index (χ4v) is 8.43. The standard InChI is InChI=1S/C40H49N13O5/c1-41-40(57)35-32(43-31-6-4-5-29(36(31)58-3)37-42-24-49(2)48-37)20-33(46-47-35)44-34(54)11-12-51-22-25(23-51)21-50-15-17-53(18-16-50)26-9-13-52(14-10-26)27-7-8-28-30(19-27)39(56)45-38(28)55/h4-8,19-20,24-26H,9-18,21-23H2,1-3H3,(H,41,57)(H,45,55,56)(H2,43,44,46,54). The number of hydrogen-bond acceptors (Lipinski definition) is 14. The summed E-state index contributed by atoms with van der Waals surface area (Å²) in [5.41, 5.74) is 3.56. The Morgan fingerprint density at radius 1 is 0.897 bits per heavy atom. The van der Waals surface area contributed by atoms with E-state index < -0.39 is 5.91 Å². The van der Waals surface area contributed by atoms with E-state index in [2.05, 4.69) is 61.1 Å². The molecule has 58 heavy (non-hydrogen) atoms. The summed E-state index contributed by atoms with van der Waals surface area (Å²) < 4.78 is 7.33. The second kappa shape index (κ2) is 16.9. The number of fused-ring (bicyclic) bond motifs is 1. The number of piperazine rings is 1. The molecule has 18 heteroatoms. The summed E-state index contributed by atoms with van der Waals surface area (Å²) in [6.45, 7) is 9.76. The van der Waals surface area contributed by atoms with Crippen LogP contribution in [0.4, 0.5) is 22.9 Å². The molecule has 0 spiro atoms. The fraction of sp³-hybridized carbons (Fsp3) is 0.450. The zero-order valence-corrected chi connectivity index (χ0v) is 33.0. The zero-order valence-electron chi connectivity index (χ0n) is 33.0. The normalized spacial score (nSPS) is 18.1. The molecule has 0 aliphatic carbocycles. The molecule has 3 fully saturated rings. The van der Waals surface area contributed by atoms with Gasteiger partial charge in [-0.1, -0.05) is 6.07 Å². The third kappa shape index (κ3) is 8.34. The number of nitrogens with zero attached hydrogens (tertiary/aromatic N) is 9. The molecule has 0 radical (unpaired) electrons. The van der Waals surface area contributed by atoms with E-state index in [-0.39, 0.29) is 29.2 Å². The monoisotopic (exact) mass is 791 g/mol. The maximum Gasteiger partial charge on any atom is 0.273 e. The second-order valence-electron chi connectivity index (χ2n) is 15.3. The number of likely N-dealkylation sites (tertiary alicyclic amines) is 1. The number of ether oxygens (including phenoxy) is 1. The molecular formula is C40H49N13O5. The highest BCUT2D eigenvalue weighted by Crippen LogP contribution is 2.37. The van der Waals surface area contributed by atoms with Crippen LogP contribution in [0.1, 0.15) is 50.5 Å². The Morgan fingerprint density at radius 3 is 2.40 bits per heavy atom. The van der Waals surface area contributed by atoms with Gasteiger partial charge < -0.3 is 35.4 Å². The van der Waals surface area contributed by atoms with Crippen molar-refractivity contribution in [3.63, 3.8) is 0 Å². The molecule has 0 unspecified atom stereocenters. The lowest BCUT2D eigenvalue weighted by atomic mass is 9.98. The van der Waals surface area contributed by atoms with E-state index in [0.717, 1.165) is 77.4 Å². The van der Waals surface area contributed by atoms with Gasteiger partial charge in [0.2, 0.25) is 5.91 Å². The summed E-state index contributed by atoms with van der Waals surface area (Å²) in [4.78, 5) is 64.0. The molecule has 4 aromatic rings. The van der Waals surface area contributed by atoms with Crippen molar-refractivity contribution in [1.29, 1.82) is 0 Å². The first-order chi connectivity index (χ1) is 28.1. The maximum atomic E-state index is 13.0. The highest BCUT2D eigenvalue weighted by Gasteiger charge is 2.33. The van der Waals surface area contributed by atoms with Gasteiger partial charge in [-0.2, -0.15) is 5.10 Å². The molecule has 8 rings (SSSR count). The van der Waals surface area contributed by atoms with E-state index in [1.165, 1.54) is 7.05 Å². The van der Waals surface area contributed by atoms with E-state index in [1.807, 2.05) is 24.3 Å². The lowest BCUT2D eigenvalue weighted by Gasteiger charge is -2.46. The second-order valence-corrected chi connectivity index (χ2v) is 15.3.